The van der Waals surface area contributed by atoms with Gasteiger partial charge in [-0.2, -0.15) is 0 Å². The first-order chi connectivity index (χ1) is 8.27. The molecule has 0 unspecified atom stereocenters. The fourth-order valence-electron chi connectivity index (χ4n) is 3.14. The SMILES string of the molecule is NCC1(c2ccc3[nH]ccc3c2Cl)CCCC1. The second-order valence-electron chi connectivity index (χ2n) is 5.06. The highest BCUT2D eigenvalue weighted by Crippen LogP contribution is 2.44. The normalized spacial score (nSPS) is 18.9. The van der Waals surface area contributed by atoms with Gasteiger partial charge in [-0.3, -0.25) is 0 Å². The van der Waals surface area contributed by atoms with Gasteiger partial charge < -0.3 is 10.7 Å². The summed E-state index contributed by atoms with van der Waals surface area (Å²) in [7, 11) is 0. The molecule has 1 heterocycles. The average Bonchev–Trinajstić information content (AvgIpc) is 2.98. The highest BCUT2D eigenvalue weighted by atomic mass is 35.5. The molecule has 1 aliphatic rings. The summed E-state index contributed by atoms with van der Waals surface area (Å²) in [4.78, 5) is 3.19. The lowest BCUT2D eigenvalue weighted by atomic mass is 9.78. The monoisotopic (exact) mass is 248 g/mol. The number of hydrogen-bond acceptors (Lipinski definition) is 1. The van der Waals surface area contributed by atoms with Crippen molar-refractivity contribution in [3.63, 3.8) is 0 Å². The lowest BCUT2D eigenvalue weighted by Gasteiger charge is -2.29. The molecule has 1 aromatic heterocycles. The summed E-state index contributed by atoms with van der Waals surface area (Å²) in [5.41, 5.74) is 8.48. The van der Waals surface area contributed by atoms with Gasteiger partial charge in [-0.05, 0) is 30.5 Å². The molecule has 3 N–H and O–H groups in total. The van der Waals surface area contributed by atoms with Crippen LogP contribution in [0.2, 0.25) is 5.02 Å². The maximum absolute atomic E-state index is 6.56. The van der Waals surface area contributed by atoms with Crippen LogP contribution in [0.4, 0.5) is 0 Å². The Kier molecular flexibility index (Phi) is 2.64. The van der Waals surface area contributed by atoms with Crippen LogP contribution in [0.3, 0.4) is 0 Å². The molecule has 0 atom stereocenters. The zero-order valence-corrected chi connectivity index (χ0v) is 10.6. The molecular formula is C14H17ClN2. The average molecular weight is 249 g/mol. The molecule has 0 bridgehead atoms. The van der Waals surface area contributed by atoms with Crippen molar-refractivity contribution < 1.29 is 0 Å². The number of aromatic nitrogens is 1. The van der Waals surface area contributed by atoms with Gasteiger partial charge in [0.1, 0.15) is 0 Å². The van der Waals surface area contributed by atoms with Crippen molar-refractivity contribution in [3.05, 3.63) is 35.0 Å². The van der Waals surface area contributed by atoms with Crippen LogP contribution in [-0.4, -0.2) is 11.5 Å². The van der Waals surface area contributed by atoms with Gasteiger partial charge in [0.25, 0.3) is 0 Å². The van der Waals surface area contributed by atoms with Gasteiger partial charge in [-0.15, -0.1) is 0 Å². The molecule has 2 nitrogen and oxygen atoms in total. The predicted octanol–water partition coefficient (Wildman–Crippen LogP) is 3.59. The number of fused-ring (bicyclic) bond motifs is 1. The summed E-state index contributed by atoms with van der Waals surface area (Å²) in [5.74, 6) is 0. The largest absolute Gasteiger partial charge is 0.361 e. The van der Waals surface area contributed by atoms with Gasteiger partial charge in [-0.1, -0.05) is 30.5 Å². The standard InChI is InChI=1S/C14H17ClN2/c15-13-10-5-8-17-12(10)4-3-11(13)14(9-16)6-1-2-7-14/h3-5,8,17H,1-2,6-7,9,16H2. The highest BCUT2D eigenvalue weighted by molar-refractivity contribution is 6.36. The Morgan fingerprint density at radius 1 is 1.24 bits per heavy atom. The number of rotatable bonds is 2. The molecule has 0 spiro atoms. The Hall–Kier alpha value is -0.990. The minimum atomic E-state index is 0.114. The summed E-state index contributed by atoms with van der Waals surface area (Å²) in [6.07, 6.45) is 6.79. The summed E-state index contributed by atoms with van der Waals surface area (Å²) >= 11 is 6.56. The van der Waals surface area contributed by atoms with E-state index in [2.05, 4.69) is 17.1 Å². The highest BCUT2D eigenvalue weighted by Gasteiger charge is 2.36. The van der Waals surface area contributed by atoms with Gasteiger partial charge in [0.2, 0.25) is 0 Å². The molecule has 1 aliphatic carbocycles. The van der Waals surface area contributed by atoms with E-state index in [0.29, 0.717) is 6.54 Å². The summed E-state index contributed by atoms with van der Waals surface area (Å²) in [6, 6.07) is 6.31. The second-order valence-corrected chi connectivity index (χ2v) is 5.44. The van der Waals surface area contributed by atoms with Crippen LogP contribution in [0.1, 0.15) is 31.2 Å². The topological polar surface area (TPSA) is 41.8 Å². The lowest BCUT2D eigenvalue weighted by molar-refractivity contribution is 0.454. The lowest BCUT2D eigenvalue weighted by Crippen LogP contribution is -2.32. The zero-order chi connectivity index (χ0) is 11.9. The molecule has 0 radical (unpaired) electrons. The van der Waals surface area contributed by atoms with Crippen molar-refractivity contribution in [1.29, 1.82) is 0 Å². The Labute approximate surface area is 106 Å². The molecule has 3 rings (SSSR count). The van der Waals surface area contributed by atoms with Gasteiger partial charge in [0.15, 0.2) is 0 Å². The molecule has 17 heavy (non-hydrogen) atoms. The number of hydrogen-bond donors (Lipinski definition) is 2. The Bertz CT molecular complexity index is 538. The van der Waals surface area contributed by atoms with Crippen LogP contribution in [0, 0.1) is 0 Å². The number of halogens is 1. The van der Waals surface area contributed by atoms with Crippen molar-refractivity contribution in [1.82, 2.24) is 4.98 Å². The molecule has 3 heteroatoms. The Morgan fingerprint density at radius 3 is 2.71 bits per heavy atom. The third kappa shape index (κ3) is 1.59. The molecule has 0 saturated heterocycles. The maximum atomic E-state index is 6.56. The maximum Gasteiger partial charge on any atom is 0.0537 e. The molecule has 1 saturated carbocycles. The van der Waals surface area contributed by atoms with E-state index in [0.717, 1.165) is 15.9 Å². The van der Waals surface area contributed by atoms with Gasteiger partial charge in [0.05, 0.1) is 5.02 Å². The molecule has 1 aromatic carbocycles. The van der Waals surface area contributed by atoms with Crippen LogP contribution in [-0.2, 0) is 5.41 Å². The van der Waals surface area contributed by atoms with Crippen LogP contribution < -0.4 is 5.73 Å². The van der Waals surface area contributed by atoms with Gasteiger partial charge in [0, 0.05) is 29.1 Å². The van der Waals surface area contributed by atoms with Crippen molar-refractivity contribution >= 4 is 22.5 Å². The van der Waals surface area contributed by atoms with E-state index in [4.69, 9.17) is 17.3 Å². The van der Waals surface area contributed by atoms with Crippen LogP contribution in [0.25, 0.3) is 10.9 Å². The molecule has 0 amide bonds. The quantitative estimate of drug-likeness (QED) is 0.838. The van der Waals surface area contributed by atoms with Gasteiger partial charge >= 0.3 is 0 Å². The van der Waals surface area contributed by atoms with E-state index in [9.17, 15) is 0 Å². The van der Waals surface area contributed by atoms with E-state index >= 15 is 0 Å². The van der Waals surface area contributed by atoms with Gasteiger partial charge in [-0.25, -0.2) is 0 Å². The first-order valence-corrected chi connectivity index (χ1v) is 6.61. The third-order valence-corrected chi connectivity index (χ3v) is 4.60. The van der Waals surface area contributed by atoms with Crippen LogP contribution >= 0.6 is 11.6 Å². The number of nitrogens with one attached hydrogen (secondary N) is 1. The second kappa shape index (κ2) is 4.04. The fourth-order valence-corrected chi connectivity index (χ4v) is 3.57. The summed E-state index contributed by atoms with van der Waals surface area (Å²) in [6.45, 7) is 0.697. The third-order valence-electron chi connectivity index (χ3n) is 4.19. The predicted molar refractivity (Wildman–Crippen MR) is 72.5 cm³/mol. The number of H-pyrrole nitrogens is 1. The van der Waals surface area contributed by atoms with Crippen LogP contribution in [0.5, 0.6) is 0 Å². The van der Waals surface area contributed by atoms with E-state index in [-0.39, 0.29) is 5.41 Å². The van der Waals surface area contributed by atoms with Crippen molar-refractivity contribution in [2.45, 2.75) is 31.1 Å². The Balaban J connectivity index is 2.19. The molecule has 2 aromatic rings. The number of aromatic amines is 1. The van der Waals surface area contributed by atoms with Crippen molar-refractivity contribution in [3.8, 4) is 0 Å². The van der Waals surface area contributed by atoms with Crippen LogP contribution in [0.15, 0.2) is 24.4 Å². The molecule has 1 fully saturated rings. The number of nitrogens with two attached hydrogens (primary N) is 1. The minimum Gasteiger partial charge on any atom is -0.361 e. The van der Waals surface area contributed by atoms with E-state index in [1.165, 1.54) is 31.2 Å². The first-order valence-electron chi connectivity index (χ1n) is 6.23. The smallest absolute Gasteiger partial charge is 0.0537 e. The molecule has 90 valence electrons. The van der Waals surface area contributed by atoms with E-state index < -0.39 is 0 Å². The summed E-state index contributed by atoms with van der Waals surface area (Å²) in [5, 5.41) is 2.00. The zero-order valence-electron chi connectivity index (χ0n) is 9.80. The van der Waals surface area contributed by atoms with Crippen molar-refractivity contribution in [2.24, 2.45) is 5.73 Å². The van der Waals surface area contributed by atoms with Crippen molar-refractivity contribution in [2.75, 3.05) is 6.54 Å². The fraction of sp³-hybridized carbons (Fsp3) is 0.429. The minimum absolute atomic E-state index is 0.114. The summed E-state index contributed by atoms with van der Waals surface area (Å²) < 4.78 is 0. The molecule has 0 aliphatic heterocycles. The number of benzene rings is 1. The first kappa shape index (κ1) is 11.1. The van der Waals surface area contributed by atoms with E-state index in [1.54, 1.807) is 0 Å². The van der Waals surface area contributed by atoms with E-state index in [1.807, 2.05) is 12.3 Å². The Morgan fingerprint density at radius 2 is 2.00 bits per heavy atom. The molecular weight excluding hydrogens is 232 g/mol.